The van der Waals surface area contributed by atoms with Crippen molar-refractivity contribution in [1.82, 2.24) is 10.2 Å². The first-order valence-electron chi connectivity index (χ1n) is 12.6. The summed E-state index contributed by atoms with van der Waals surface area (Å²) in [6.07, 6.45) is 13.2. The molecule has 0 unspecified atom stereocenters. The zero-order valence-corrected chi connectivity index (χ0v) is 18.8. The van der Waals surface area contributed by atoms with E-state index >= 15 is 0 Å². The third-order valence-electron chi connectivity index (χ3n) is 8.92. The molecular formula is C27H34N2O3. The number of allylic oxidation sites excluding steroid dienone is 2. The van der Waals surface area contributed by atoms with E-state index in [1.807, 2.05) is 24.3 Å². The Morgan fingerprint density at radius 1 is 1.12 bits per heavy atom. The molecule has 2 saturated carbocycles. The molecular weight excluding hydrogens is 400 g/mol. The van der Waals surface area contributed by atoms with Gasteiger partial charge in [0.1, 0.15) is 0 Å². The first-order valence-corrected chi connectivity index (χ1v) is 12.6. The predicted octanol–water partition coefficient (Wildman–Crippen LogP) is 4.05. The Balaban J connectivity index is 1.32. The molecule has 2 bridgehead atoms. The summed E-state index contributed by atoms with van der Waals surface area (Å²) < 4.78 is 5.93. The fraction of sp³-hybridized carbons (Fsp3) is 0.630. The van der Waals surface area contributed by atoms with Gasteiger partial charge in [-0.25, -0.2) is 0 Å². The van der Waals surface area contributed by atoms with Crippen molar-refractivity contribution in [3.63, 3.8) is 0 Å². The van der Waals surface area contributed by atoms with Crippen LogP contribution < -0.4 is 5.32 Å². The third kappa shape index (κ3) is 3.23. The van der Waals surface area contributed by atoms with Crippen LogP contribution in [-0.2, 0) is 9.53 Å². The zero-order valence-electron chi connectivity index (χ0n) is 18.8. The molecule has 32 heavy (non-hydrogen) atoms. The number of ether oxygens (including phenoxy) is 1. The van der Waals surface area contributed by atoms with Crippen molar-refractivity contribution in [3.8, 4) is 0 Å². The van der Waals surface area contributed by atoms with Gasteiger partial charge in [-0.1, -0.05) is 43.2 Å². The van der Waals surface area contributed by atoms with Gasteiger partial charge in [0, 0.05) is 25.3 Å². The summed E-state index contributed by atoms with van der Waals surface area (Å²) in [4.78, 5) is 29.7. The molecule has 2 amide bonds. The second-order valence-electron chi connectivity index (χ2n) is 10.7. The number of hydrogen-bond acceptors (Lipinski definition) is 3. The molecule has 5 heteroatoms. The topological polar surface area (TPSA) is 58.6 Å². The number of benzene rings is 1. The normalized spacial score (nSPS) is 34.4. The minimum Gasteiger partial charge on any atom is -0.376 e. The lowest BCUT2D eigenvalue weighted by atomic mass is 9.70. The third-order valence-corrected chi connectivity index (χ3v) is 8.92. The van der Waals surface area contributed by atoms with Crippen molar-refractivity contribution in [2.45, 2.75) is 68.9 Å². The smallest absolute Gasteiger partial charge is 0.254 e. The van der Waals surface area contributed by atoms with E-state index in [4.69, 9.17) is 4.74 Å². The Morgan fingerprint density at radius 3 is 2.69 bits per heavy atom. The lowest BCUT2D eigenvalue weighted by molar-refractivity contribution is -0.127. The lowest BCUT2D eigenvalue weighted by Crippen LogP contribution is -2.62. The van der Waals surface area contributed by atoms with E-state index < -0.39 is 5.54 Å². The average molecular weight is 435 g/mol. The molecule has 5 atom stereocenters. The van der Waals surface area contributed by atoms with Gasteiger partial charge < -0.3 is 15.0 Å². The minimum absolute atomic E-state index is 0.0836. The van der Waals surface area contributed by atoms with Gasteiger partial charge in [0.25, 0.3) is 5.91 Å². The van der Waals surface area contributed by atoms with Crippen molar-refractivity contribution in [1.29, 1.82) is 0 Å². The monoisotopic (exact) mass is 434 g/mol. The van der Waals surface area contributed by atoms with Gasteiger partial charge in [-0.05, 0) is 67.9 Å². The molecule has 1 aromatic rings. The number of carbonyl (C=O) groups excluding carboxylic acids is 2. The van der Waals surface area contributed by atoms with Gasteiger partial charge in [-0.3, -0.25) is 9.59 Å². The molecule has 170 valence electrons. The molecule has 5 aliphatic rings. The number of nitrogens with one attached hydrogen (secondary N) is 1. The molecule has 0 radical (unpaired) electrons. The first-order chi connectivity index (χ1) is 15.7. The maximum absolute atomic E-state index is 13.9. The molecule has 3 aliphatic carbocycles. The highest BCUT2D eigenvalue weighted by atomic mass is 16.5. The van der Waals surface area contributed by atoms with Gasteiger partial charge in [-0.2, -0.15) is 0 Å². The molecule has 1 saturated heterocycles. The Kier molecular flexibility index (Phi) is 5.13. The summed E-state index contributed by atoms with van der Waals surface area (Å²) in [6.45, 7) is 2.13. The number of hydrogen-bond donors (Lipinski definition) is 1. The summed E-state index contributed by atoms with van der Waals surface area (Å²) in [5.41, 5.74) is 1.20. The van der Waals surface area contributed by atoms with Crippen LogP contribution in [0.4, 0.5) is 0 Å². The maximum Gasteiger partial charge on any atom is 0.254 e. The van der Waals surface area contributed by atoms with Gasteiger partial charge in [0.15, 0.2) is 0 Å². The number of amides is 2. The van der Waals surface area contributed by atoms with Gasteiger partial charge >= 0.3 is 0 Å². The summed E-state index contributed by atoms with van der Waals surface area (Å²) in [5, 5.41) is 3.36. The summed E-state index contributed by atoms with van der Waals surface area (Å²) in [7, 11) is 0. The average Bonchev–Trinajstić information content (AvgIpc) is 3.61. The Hall–Kier alpha value is -2.14. The molecule has 2 heterocycles. The lowest BCUT2D eigenvalue weighted by Gasteiger charge is -2.50. The number of fused-ring (bicyclic) bond motifs is 3. The van der Waals surface area contributed by atoms with Crippen LogP contribution >= 0.6 is 0 Å². The summed E-state index contributed by atoms with van der Waals surface area (Å²) in [5.74, 6) is 1.78. The molecule has 2 aliphatic heterocycles. The molecule has 1 aromatic carbocycles. The quantitative estimate of drug-likeness (QED) is 0.712. The molecule has 5 nitrogen and oxygen atoms in total. The zero-order chi connectivity index (χ0) is 21.7. The Bertz CT molecular complexity index is 929. The molecule has 0 aromatic heterocycles. The molecule has 6 rings (SSSR count). The van der Waals surface area contributed by atoms with Crippen molar-refractivity contribution in [3.05, 3.63) is 47.5 Å². The standard InChI is InChI=1S/C27H34N2O3/c30-25(28-16-20-15-18-9-10-19(20)14-18)24-22-7-1-2-8-23(22)26(31)29(17-21-6-5-13-32-21)27(24)11-3-4-12-27/h1-2,7-10,18-21,24H,3-6,11-17H2,(H,28,30)/t18-,19-,20+,21-,24-/m1/s1. The van der Waals surface area contributed by atoms with Crippen LogP contribution in [-0.4, -0.2) is 48.1 Å². The van der Waals surface area contributed by atoms with Crippen LogP contribution in [0.3, 0.4) is 0 Å². The van der Waals surface area contributed by atoms with Crippen molar-refractivity contribution in [2.24, 2.45) is 17.8 Å². The van der Waals surface area contributed by atoms with Gasteiger partial charge in [0.2, 0.25) is 5.91 Å². The van der Waals surface area contributed by atoms with Crippen LogP contribution in [0.15, 0.2) is 36.4 Å². The van der Waals surface area contributed by atoms with E-state index in [0.717, 1.165) is 57.2 Å². The highest BCUT2D eigenvalue weighted by Crippen LogP contribution is 2.51. The molecule has 3 fully saturated rings. The number of carbonyl (C=O) groups is 2. The minimum atomic E-state index is -0.421. The van der Waals surface area contributed by atoms with Gasteiger partial charge in [-0.15, -0.1) is 0 Å². The van der Waals surface area contributed by atoms with Crippen LogP contribution in [0.5, 0.6) is 0 Å². The van der Waals surface area contributed by atoms with Crippen molar-refractivity contribution in [2.75, 3.05) is 19.7 Å². The largest absolute Gasteiger partial charge is 0.376 e. The predicted molar refractivity (Wildman–Crippen MR) is 122 cm³/mol. The second-order valence-corrected chi connectivity index (χ2v) is 10.7. The second kappa shape index (κ2) is 8.02. The van der Waals surface area contributed by atoms with Crippen LogP contribution in [0.2, 0.25) is 0 Å². The van der Waals surface area contributed by atoms with Crippen LogP contribution in [0.1, 0.15) is 73.2 Å². The van der Waals surface area contributed by atoms with Crippen molar-refractivity contribution >= 4 is 11.8 Å². The Morgan fingerprint density at radius 2 is 1.97 bits per heavy atom. The van der Waals surface area contributed by atoms with E-state index in [1.54, 1.807) is 0 Å². The Labute approximate surface area is 190 Å². The molecule has 1 N–H and O–H groups in total. The first kappa shape index (κ1) is 20.5. The van der Waals surface area contributed by atoms with E-state index in [1.165, 1.54) is 12.8 Å². The van der Waals surface area contributed by atoms with E-state index in [0.29, 0.717) is 29.9 Å². The van der Waals surface area contributed by atoms with Gasteiger partial charge in [0.05, 0.1) is 17.6 Å². The highest BCUT2D eigenvalue weighted by Gasteiger charge is 2.56. The fourth-order valence-corrected chi connectivity index (χ4v) is 7.39. The highest BCUT2D eigenvalue weighted by molar-refractivity contribution is 6.02. The van der Waals surface area contributed by atoms with Crippen LogP contribution in [0.25, 0.3) is 0 Å². The van der Waals surface area contributed by atoms with Crippen molar-refractivity contribution < 1.29 is 14.3 Å². The van der Waals surface area contributed by atoms with E-state index in [-0.39, 0.29) is 23.8 Å². The van der Waals surface area contributed by atoms with E-state index in [9.17, 15) is 9.59 Å². The van der Waals surface area contributed by atoms with Crippen LogP contribution in [0, 0.1) is 17.8 Å². The summed E-state index contributed by atoms with van der Waals surface area (Å²) >= 11 is 0. The SMILES string of the molecule is O=C(NC[C@@H]1C[C@@H]2C=C[C@@H]1C2)[C@H]1c2ccccc2C(=O)N(C[C@H]2CCCO2)C12CCCC2. The maximum atomic E-state index is 13.9. The molecule has 1 spiro atoms. The fourth-order valence-electron chi connectivity index (χ4n) is 7.39. The summed E-state index contributed by atoms with van der Waals surface area (Å²) in [6, 6.07) is 7.82. The number of rotatable bonds is 5. The van der Waals surface area contributed by atoms with E-state index in [2.05, 4.69) is 22.4 Å². The number of nitrogens with zero attached hydrogens (tertiary/aromatic N) is 1.